The number of rotatable bonds is 3. The molecule has 198 valence electrons. The zero-order valence-electron chi connectivity index (χ0n) is 22.1. The quantitative estimate of drug-likeness (QED) is 0.210. The summed E-state index contributed by atoms with van der Waals surface area (Å²) in [6, 6.07) is 15.7. The van der Waals surface area contributed by atoms with E-state index in [9.17, 15) is 9.59 Å². The molecular formula is C32H21BF2N4O2. The van der Waals surface area contributed by atoms with Gasteiger partial charge in [0.15, 0.2) is 23.2 Å². The van der Waals surface area contributed by atoms with Gasteiger partial charge in [0, 0.05) is 11.1 Å². The van der Waals surface area contributed by atoms with Crippen LogP contribution in [0.2, 0.25) is 0 Å². The number of halogens is 2. The van der Waals surface area contributed by atoms with Crippen LogP contribution < -0.4 is 15.3 Å². The lowest BCUT2D eigenvalue weighted by atomic mass is 9.93. The lowest BCUT2D eigenvalue weighted by Crippen LogP contribution is -2.35. The number of aromatic nitrogens is 2. The molecule has 1 aromatic heterocycles. The Balaban J connectivity index is 1.49. The van der Waals surface area contributed by atoms with E-state index in [2.05, 4.69) is 0 Å². The molecule has 0 fully saturated rings. The highest BCUT2D eigenvalue weighted by molar-refractivity contribution is 6.41. The molecule has 1 unspecified atom stereocenters. The van der Waals surface area contributed by atoms with Crippen LogP contribution in [0.3, 0.4) is 0 Å². The molecule has 0 saturated heterocycles. The number of anilines is 3. The summed E-state index contributed by atoms with van der Waals surface area (Å²) in [6.07, 6.45) is 8.77. The van der Waals surface area contributed by atoms with E-state index in [-0.39, 0.29) is 23.1 Å². The summed E-state index contributed by atoms with van der Waals surface area (Å²) in [5.74, 6) is -1.46. The standard InChI is InChI=1S/C32H21BF2N4O2/c1-17-6-4-11-26(17)38-27(15-14-20-29(40)19-13-12-18(33)16-21(19)30(20)41)39(28-22(34)7-5-8-23(28)35)32-31(38)36-24-9-2-3-10-25(24)37-32/h2-16,26H,33H2,1H3/b20-14+,27-15+. The van der Waals surface area contributed by atoms with Crippen molar-refractivity contribution in [1.82, 2.24) is 9.97 Å². The Morgan fingerprint density at radius 2 is 1.54 bits per heavy atom. The number of allylic oxidation sites excluding steroid dienone is 5. The Bertz CT molecular complexity index is 1940. The topological polar surface area (TPSA) is 66.4 Å². The van der Waals surface area contributed by atoms with Crippen LogP contribution >= 0.6 is 0 Å². The van der Waals surface area contributed by atoms with Crippen molar-refractivity contribution in [3.8, 4) is 0 Å². The highest BCUT2D eigenvalue weighted by Crippen LogP contribution is 2.48. The van der Waals surface area contributed by atoms with Gasteiger partial charge in [0.25, 0.3) is 0 Å². The van der Waals surface area contributed by atoms with Gasteiger partial charge in [-0.05, 0) is 48.9 Å². The first kappa shape index (κ1) is 24.8. The van der Waals surface area contributed by atoms with Crippen molar-refractivity contribution in [2.75, 3.05) is 9.80 Å². The maximum absolute atomic E-state index is 15.4. The lowest BCUT2D eigenvalue weighted by Gasteiger charge is -2.29. The fourth-order valence-electron chi connectivity index (χ4n) is 5.57. The number of fused-ring (bicyclic) bond motifs is 3. The van der Waals surface area contributed by atoms with Gasteiger partial charge in [-0.3, -0.25) is 19.4 Å². The molecule has 0 saturated carbocycles. The lowest BCUT2D eigenvalue weighted by molar-refractivity contribution is 0.0988. The normalized spacial score (nSPS) is 19.6. The molecule has 6 nitrogen and oxygen atoms in total. The molecule has 9 heteroatoms. The largest absolute Gasteiger partial charge is 0.298 e. The molecule has 0 amide bonds. The second-order valence-electron chi connectivity index (χ2n) is 10.2. The Morgan fingerprint density at radius 1 is 0.854 bits per heavy atom. The molecule has 3 aliphatic rings. The van der Waals surface area contributed by atoms with E-state index in [1.807, 2.05) is 56.1 Å². The van der Waals surface area contributed by atoms with Crippen LogP contribution in [-0.4, -0.2) is 35.4 Å². The minimum atomic E-state index is -0.795. The molecule has 3 aromatic carbocycles. The van der Waals surface area contributed by atoms with Gasteiger partial charge in [-0.1, -0.05) is 60.1 Å². The van der Waals surface area contributed by atoms with E-state index in [0.717, 1.165) is 11.0 Å². The van der Waals surface area contributed by atoms with Gasteiger partial charge in [0.2, 0.25) is 0 Å². The summed E-state index contributed by atoms with van der Waals surface area (Å²) < 4.78 is 30.8. The number of para-hydroxylation sites is 3. The summed E-state index contributed by atoms with van der Waals surface area (Å²) in [7, 11) is 1.85. The molecule has 2 aliphatic carbocycles. The molecule has 1 aliphatic heterocycles. The zero-order valence-corrected chi connectivity index (χ0v) is 22.1. The van der Waals surface area contributed by atoms with Gasteiger partial charge >= 0.3 is 0 Å². The predicted molar refractivity (Wildman–Crippen MR) is 157 cm³/mol. The van der Waals surface area contributed by atoms with E-state index in [0.29, 0.717) is 33.8 Å². The highest BCUT2D eigenvalue weighted by Gasteiger charge is 2.42. The van der Waals surface area contributed by atoms with Crippen molar-refractivity contribution in [1.29, 1.82) is 0 Å². The van der Waals surface area contributed by atoms with Crippen LogP contribution in [0.5, 0.6) is 0 Å². The van der Waals surface area contributed by atoms with E-state index in [1.54, 1.807) is 30.3 Å². The van der Waals surface area contributed by atoms with E-state index in [1.165, 1.54) is 29.2 Å². The Morgan fingerprint density at radius 3 is 2.22 bits per heavy atom. The third-order valence-electron chi connectivity index (χ3n) is 7.56. The van der Waals surface area contributed by atoms with Gasteiger partial charge in [0.05, 0.1) is 22.6 Å². The van der Waals surface area contributed by atoms with Gasteiger partial charge < -0.3 is 0 Å². The summed E-state index contributed by atoms with van der Waals surface area (Å²) in [5, 5.41) is 0. The SMILES string of the molecule is Bc1ccc2c(c1)C(=O)/C(=C/C=C1/N(c3c(F)cccc3F)c3nc4ccccc4nc3N1C1C=CC=C1C)C2=O. The first-order valence-electron chi connectivity index (χ1n) is 13.1. The van der Waals surface area contributed by atoms with Crippen molar-refractivity contribution >= 4 is 53.2 Å². The van der Waals surface area contributed by atoms with Crippen molar-refractivity contribution in [3.05, 3.63) is 131 Å². The number of nitrogens with zero attached hydrogens (tertiary/aromatic N) is 4. The van der Waals surface area contributed by atoms with Gasteiger partial charge in [-0.25, -0.2) is 18.7 Å². The monoisotopic (exact) mass is 542 g/mol. The summed E-state index contributed by atoms with van der Waals surface area (Å²) in [6.45, 7) is 1.95. The zero-order chi connectivity index (χ0) is 28.4. The molecule has 41 heavy (non-hydrogen) atoms. The fraction of sp³-hybridized carbons (Fsp3) is 0.0625. The molecule has 1 atom stereocenters. The van der Waals surface area contributed by atoms with Crippen molar-refractivity contribution in [2.45, 2.75) is 13.0 Å². The van der Waals surface area contributed by atoms with Crippen LogP contribution in [0, 0.1) is 11.6 Å². The number of carbonyl (C=O) groups excluding carboxylic acids is 2. The number of benzene rings is 3. The summed E-state index contributed by atoms with van der Waals surface area (Å²) in [4.78, 5) is 39.4. The number of hydrogen-bond donors (Lipinski definition) is 0. The minimum absolute atomic E-state index is 0.0248. The molecule has 2 heterocycles. The molecule has 0 N–H and O–H groups in total. The summed E-state index contributed by atoms with van der Waals surface area (Å²) in [5.41, 5.74) is 3.31. The van der Waals surface area contributed by atoms with Crippen molar-refractivity contribution in [3.63, 3.8) is 0 Å². The number of Topliss-reactive ketones (excluding diaryl/α,β-unsaturated/α-hetero) is 2. The van der Waals surface area contributed by atoms with Crippen molar-refractivity contribution < 1.29 is 18.4 Å². The third kappa shape index (κ3) is 3.77. The third-order valence-corrected chi connectivity index (χ3v) is 7.56. The minimum Gasteiger partial charge on any atom is -0.298 e. The molecule has 0 spiro atoms. The maximum Gasteiger partial charge on any atom is 0.197 e. The Hall–Kier alpha value is -5.18. The molecular weight excluding hydrogens is 521 g/mol. The molecule has 0 radical (unpaired) electrons. The van der Waals surface area contributed by atoms with Gasteiger partial charge in [-0.2, -0.15) is 0 Å². The van der Waals surface area contributed by atoms with Crippen molar-refractivity contribution in [2.24, 2.45) is 0 Å². The first-order chi connectivity index (χ1) is 19.8. The average Bonchev–Trinajstić information content (AvgIpc) is 3.58. The fourth-order valence-corrected chi connectivity index (χ4v) is 5.57. The van der Waals surface area contributed by atoms with Crippen LogP contribution in [0.4, 0.5) is 26.1 Å². The molecule has 7 rings (SSSR count). The second-order valence-corrected chi connectivity index (χ2v) is 10.2. The van der Waals surface area contributed by atoms with Gasteiger partial charge in [-0.15, -0.1) is 0 Å². The molecule has 0 bridgehead atoms. The van der Waals surface area contributed by atoms with Crippen LogP contribution in [0.1, 0.15) is 27.6 Å². The van der Waals surface area contributed by atoms with E-state index < -0.39 is 23.2 Å². The van der Waals surface area contributed by atoms with Crippen LogP contribution in [0.25, 0.3) is 11.0 Å². The van der Waals surface area contributed by atoms with Gasteiger partial charge in [0.1, 0.15) is 31.0 Å². The number of hydrogen-bond acceptors (Lipinski definition) is 6. The smallest absolute Gasteiger partial charge is 0.197 e. The first-order valence-corrected chi connectivity index (χ1v) is 13.1. The summed E-state index contributed by atoms with van der Waals surface area (Å²) >= 11 is 0. The average molecular weight is 542 g/mol. The highest BCUT2D eigenvalue weighted by atomic mass is 19.1. The Kier molecular flexibility index (Phi) is 5.57. The Labute approximate surface area is 235 Å². The van der Waals surface area contributed by atoms with Crippen LogP contribution in [0.15, 0.2) is 108 Å². The van der Waals surface area contributed by atoms with E-state index >= 15 is 8.78 Å². The maximum atomic E-state index is 15.4. The predicted octanol–water partition coefficient (Wildman–Crippen LogP) is 4.86. The van der Waals surface area contributed by atoms with Crippen LogP contribution in [-0.2, 0) is 0 Å². The second kappa shape index (κ2) is 9.20. The molecule has 4 aromatic rings. The number of ketones is 2. The number of carbonyl (C=O) groups is 2. The van der Waals surface area contributed by atoms with E-state index in [4.69, 9.17) is 9.97 Å².